The average Bonchev–Trinajstić information content (AvgIpc) is 2.62. The Morgan fingerprint density at radius 2 is 0.917 bits per heavy atom. The molecule has 0 aliphatic rings. The minimum absolute atomic E-state index is 0.796. The Hall–Kier alpha value is -2.30. The summed E-state index contributed by atoms with van der Waals surface area (Å²) in [5, 5.41) is 4.74. The first-order valence-corrected chi connectivity index (χ1v) is 9.78. The van der Waals surface area contributed by atoms with Crippen molar-refractivity contribution in [1.82, 2.24) is 0 Å². The highest BCUT2D eigenvalue weighted by molar-refractivity contribution is 8.76. The molecule has 0 amide bonds. The number of nitrogens with two attached hydrogens (primary N) is 2. The Morgan fingerprint density at radius 1 is 0.500 bits per heavy atom. The molecule has 0 aliphatic carbocycles. The van der Waals surface area contributed by atoms with Crippen LogP contribution >= 0.6 is 21.6 Å². The summed E-state index contributed by atoms with van der Waals surface area (Å²) in [6.45, 7) is 0. The maximum atomic E-state index is 6.24. The Balaban J connectivity index is 1.77. The van der Waals surface area contributed by atoms with Crippen molar-refractivity contribution in [2.75, 3.05) is 11.5 Å². The number of hydrogen-bond donors (Lipinski definition) is 2. The van der Waals surface area contributed by atoms with Crippen LogP contribution in [0, 0.1) is 0 Å². The quantitative estimate of drug-likeness (QED) is 0.354. The van der Waals surface area contributed by atoms with Crippen LogP contribution < -0.4 is 11.5 Å². The van der Waals surface area contributed by atoms with E-state index in [1.54, 1.807) is 21.6 Å². The molecular weight excluding hydrogens is 332 g/mol. The molecular formula is C20H16N2S2. The lowest BCUT2D eigenvalue weighted by Gasteiger charge is -2.12. The molecule has 4 N–H and O–H groups in total. The molecule has 4 aromatic rings. The first-order valence-electron chi connectivity index (χ1n) is 7.63. The predicted molar refractivity (Wildman–Crippen MR) is 108 cm³/mol. The van der Waals surface area contributed by atoms with Crippen LogP contribution in [0.1, 0.15) is 0 Å². The van der Waals surface area contributed by atoms with Gasteiger partial charge in [-0.05, 0) is 55.3 Å². The van der Waals surface area contributed by atoms with Gasteiger partial charge in [0.1, 0.15) is 0 Å². The van der Waals surface area contributed by atoms with Crippen LogP contribution in [0.2, 0.25) is 0 Å². The number of hydrogen-bond acceptors (Lipinski definition) is 4. The number of anilines is 2. The van der Waals surface area contributed by atoms with Crippen molar-refractivity contribution in [3.05, 3.63) is 72.8 Å². The van der Waals surface area contributed by atoms with Crippen LogP contribution in [0.25, 0.3) is 21.5 Å². The van der Waals surface area contributed by atoms with Gasteiger partial charge in [0.05, 0.1) is 0 Å². The van der Waals surface area contributed by atoms with Crippen LogP contribution in [-0.4, -0.2) is 0 Å². The average molecular weight is 348 g/mol. The third-order valence-electron chi connectivity index (χ3n) is 4.03. The number of nitrogen functional groups attached to an aromatic ring is 2. The van der Waals surface area contributed by atoms with Gasteiger partial charge in [-0.25, -0.2) is 0 Å². The van der Waals surface area contributed by atoms with Gasteiger partial charge in [-0.3, -0.25) is 0 Å². The summed E-state index contributed by atoms with van der Waals surface area (Å²) in [5.74, 6) is 0. The van der Waals surface area contributed by atoms with Crippen LogP contribution in [0.5, 0.6) is 0 Å². The van der Waals surface area contributed by atoms with E-state index < -0.39 is 0 Å². The van der Waals surface area contributed by atoms with E-state index in [-0.39, 0.29) is 0 Å². The van der Waals surface area contributed by atoms with E-state index in [9.17, 15) is 0 Å². The van der Waals surface area contributed by atoms with Gasteiger partial charge in [-0.2, -0.15) is 0 Å². The molecule has 0 saturated carbocycles. The fraction of sp³-hybridized carbons (Fsp3) is 0. The van der Waals surface area contributed by atoms with Crippen molar-refractivity contribution < 1.29 is 0 Å². The minimum Gasteiger partial charge on any atom is -0.398 e. The third kappa shape index (κ3) is 2.68. The zero-order valence-corrected chi connectivity index (χ0v) is 14.5. The van der Waals surface area contributed by atoms with Crippen LogP contribution in [0.4, 0.5) is 11.4 Å². The van der Waals surface area contributed by atoms with Crippen LogP contribution in [0.15, 0.2) is 82.6 Å². The van der Waals surface area contributed by atoms with Crippen molar-refractivity contribution >= 4 is 54.5 Å². The van der Waals surface area contributed by atoms with E-state index in [4.69, 9.17) is 11.5 Å². The fourth-order valence-corrected chi connectivity index (χ4v) is 5.45. The Labute approximate surface area is 148 Å². The van der Waals surface area contributed by atoms with E-state index in [0.717, 1.165) is 21.2 Å². The molecule has 0 heterocycles. The summed E-state index contributed by atoms with van der Waals surface area (Å²) in [6.07, 6.45) is 0. The summed E-state index contributed by atoms with van der Waals surface area (Å²) in [4.78, 5) is 2.18. The monoisotopic (exact) mass is 348 g/mol. The maximum absolute atomic E-state index is 6.24. The SMILES string of the molecule is Nc1ccc2ccccc2c1SSc1c(N)ccc2ccccc12. The first kappa shape index (κ1) is 15.2. The van der Waals surface area contributed by atoms with Crippen molar-refractivity contribution in [2.24, 2.45) is 0 Å². The highest BCUT2D eigenvalue weighted by atomic mass is 33.1. The number of benzene rings is 4. The molecule has 2 nitrogen and oxygen atoms in total. The third-order valence-corrected chi connectivity index (χ3v) is 6.61. The second kappa shape index (κ2) is 6.30. The van der Waals surface area contributed by atoms with E-state index in [1.807, 2.05) is 36.4 Å². The molecule has 0 spiro atoms. The van der Waals surface area contributed by atoms with E-state index in [1.165, 1.54) is 21.5 Å². The van der Waals surface area contributed by atoms with Crippen molar-refractivity contribution in [3.8, 4) is 0 Å². The van der Waals surface area contributed by atoms with Gasteiger partial charge in [0.25, 0.3) is 0 Å². The fourth-order valence-electron chi connectivity index (χ4n) is 2.79. The molecule has 0 saturated heterocycles. The second-order valence-corrected chi connectivity index (χ2v) is 7.73. The first-order chi connectivity index (χ1) is 11.7. The molecule has 24 heavy (non-hydrogen) atoms. The second-order valence-electron chi connectivity index (χ2n) is 5.58. The lowest BCUT2D eigenvalue weighted by Crippen LogP contribution is -1.90. The zero-order valence-electron chi connectivity index (χ0n) is 12.9. The molecule has 0 aliphatic heterocycles. The van der Waals surface area contributed by atoms with Gasteiger partial charge in [0.2, 0.25) is 0 Å². The molecule has 0 aromatic heterocycles. The Kier molecular flexibility index (Phi) is 4.00. The molecule has 0 radical (unpaired) electrons. The lowest BCUT2D eigenvalue weighted by atomic mass is 10.1. The molecule has 0 unspecified atom stereocenters. The molecule has 0 bridgehead atoms. The highest BCUT2D eigenvalue weighted by Gasteiger charge is 2.11. The van der Waals surface area contributed by atoms with Crippen molar-refractivity contribution in [1.29, 1.82) is 0 Å². The van der Waals surface area contributed by atoms with Gasteiger partial charge >= 0.3 is 0 Å². The Bertz CT molecular complexity index is 959. The smallest absolute Gasteiger partial charge is 0.0494 e. The van der Waals surface area contributed by atoms with Gasteiger partial charge < -0.3 is 11.5 Å². The van der Waals surface area contributed by atoms with E-state index in [0.29, 0.717) is 0 Å². The van der Waals surface area contributed by atoms with Gasteiger partial charge in [-0.15, -0.1) is 0 Å². The molecule has 118 valence electrons. The summed E-state index contributed by atoms with van der Waals surface area (Å²) in [5.41, 5.74) is 14.1. The largest absolute Gasteiger partial charge is 0.398 e. The summed E-state index contributed by atoms with van der Waals surface area (Å²) >= 11 is 0. The van der Waals surface area contributed by atoms with Gasteiger partial charge in [0, 0.05) is 21.2 Å². The highest BCUT2D eigenvalue weighted by Crippen LogP contribution is 2.47. The van der Waals surface area contributed by atoms with Gasteiger partial charge in [0.15, 0.2) is 0 Å². The molecule has 4 heteroatoms. The number of rotatable bonds is 3. The lowest BCUT2D eigenvalue weighted by molar-refractivity contribution is 1.54. The van der Waals surface area contributed by atoms with Crippen molar-refractivity contribution in [2.45, 2.75) is 9.79 Å². The maximum Gasteiger partial charge on any atom is 0.0494 e. The molecule has 0 atom stereocenters. The van der Waals surface area contributed by atoms with Crippen LogP contribution in [0.3, 0.4) is 0 Å². The van der Waals surface area contributed by atoms with Crippen molar-refractivity contribution in [3.63, 3.8) is 0 Å². The van der Waals surface area contributed by atoms with Gasteiger partial charge in [-0.1, -0.05) is 60.7 Å². The number of fused-ring (bicyclic) bond motifs is 2. The predicted octanol–water partition coefficient (Wildman–Crippen LogP) is 5.96. The van der Waals surface area contributed by atoms with E-state index >= 15 is 0 Å². The minimum atomic E-state index is 0.796. The Morgan fingerprint density at radius 3 is 1.38 bits per heavy atom. The summed E-state index contributed by atoms with van der Waals surface area (Å²) in [7, 11) is 3.34. The zero-order chi connectivity index (χ0) is 16.5. The molecule has 0 fully saturated rings. The topological polar surface area (TPSA) is 52.0 Å². The van der Waals surface area contributed by atoms with Crippen LogP contribution in [-0.2, 0) is 0 Å². The summed E-state index contributed by atoms with van der Waals surface area (Å²) < 4.78 is 0. The standard InChI is InChI=1S/C20H16N2S2/c21-17-11-9-13-5-1-3-7-15(13)19(17)23-24-20-16-8-4-2-6-14(16)10-12-18(20)22/h1-12H,21-22H2. The molecule has 4 rings (SSSR count). The normalized spacial score (nSPS) is 11.2. The van der Waals surface area contributed by atoms with E-state index in [2.05, 4.69) is 36.4 Å². The summed E-state index contributed by atoms with van der Waals surface area (Å²) in [6, 6.07) is 24.7. The molecule has 4 aromatic carbocycles.